The standard InChI is InChI=1S/C17H22N4O2/c1-20(2)13-6-4-5-12(9-13)17(22)18-10-15-14-11-23-8-7-16(14)21(3)19-15/h4-6,9H,7-8,10-11H2,1-3H3,(H,18,22). The van der Waals surface area contributed by atoms with Crippen LogP contribution in [0.5, 0.6) is 0 Å². The zero-order chi connectivity index (χ0) is 16.4. The zero-order valence-corrected chi connectivity index (χ0v) is 13.8. The van der Waals surface area contributed by atoms with Crippen LogP contribution in [0.4, 0.5) is 5.69 Å². The highest BCUT2D eigenvalue weighted by atomic mass is 16.5. The molecule has 1 aromatic carbocycles. The number of hydrogen-bond acceptors (Lipinski definition) is 4. The molecule has 0 fully saturated rings. The average molecular weight is 314 g/mol. The fraction of sp³-hybridized carbons (Fsp3) is 0.412. The predicted octanol–water partition coefficient (Wildman–Crippen LogP) is 1.49. The summed E-state index contributed by atoms with van der Waals surface area (Å²) in [4.78, 5) is 14.3. The smallest absolute Gasteiger partial charge is 0.251 e. The first-order chi connectivity index (χ1) is 11.1. The van der Waals surface area contributed by atoms with Crippen LogP contribution in [0.3, 0.4) is 0 Å². The van der Waals surface area contributed by atoms with Gasteiger partial charge in [-0.1, -0.05) is 6.07 Å². The number of aromatic nitrogens is 2. The molecule has 122 valence electrons. The summed E-state index contributed by atoms with van der Waals surface area (Å²) < 4.78 is 7.41. The van der Waals surface area contributed by atoms with Gasteiger partial charge in [0.1, 0.15) is 0 Å². The number of amides is 1. The van der Waals surface area contributed by atoms with E-state index in [9.17, 15) is 4.79 Å². The molecule has 2 heterocycles. The molecule has 0 unspecified atom stereocenters. The first-order valence-electron chi connectivity index (χ1n) is 7.73. The molecule has 3 rings (SSSR count). The Morgan fingerprint density at radius 1 is 1.43 bits per heavy atom. The quantitative estimate of drug-likeness (QED) is 0.929. The van der Waals surface area contributed by atoms with Crippen LogP contribution in [0.1, 0.15) is 27.3 Å². The van der Waals surface area contributed by atoms with Crippen LogP contribution in [0, 0.1) is 0 Å². The molecule has 2 aromatic rings. The number of rotatable bonds is 4. The third-order valence-electron chi connectivity index (χ3n) is 4.13. The van der Waals surface area contributed by atoms with Gasteiger partial charge in [-0.25, -0.2) is 0 Å². The van der Waals surface area contributed by atoms with E-state index in [4.69, 9.17) is 4.74 Å². The van der Waals surface area contributed by atoms with Crippen LogP contribution < -0.4 is 10.2 Å². The minimum Gasteiger partial charge on any atom is -0.378 e. The first kappa shape index (κ1) is 15.6. The molecule has 1 N–H and O–H groups in total. The number of benzene rings is 1. The third kappa shape index (κ3) is 3.22. The van der Waals surface area contributed by atoms with Gasteiger partial charge in [-0.2, -0.15) is 5.10 Å². The lowest BCUT2D eigenvalue weighted by molar-refractivity contribution is 0.0947. The molecule has 0 atom stereocenters. The Kier molecular flexibility index (Phi) is 4.34. The highest BCUT2D eigenvalue weighted by Gasteiger charge is 2.20. The van der Waals surface area contributed by atoms with E-state index in [2.05, 4.69) is 10.4 Å². The van der Waals surface area contributed by atoms with Crippen molar-refractivity contribution in [2.45, 2.75) is 19.6 Å². The van der Waals surface area contributed by atoms with Crippen LogP contribution in [-0.4, -0.2) is 36.4 Å². The van der Waals surface area contributed by atoms with E-state index < -0.39 is 0 Å². The largest absolute Gasteiger partial charge is 0.378 e. The molecule has 23 heavy (non-hydrogen) atoms. The van der Waals surface area contributed by atoms with Gasteiger partial charge >= 0.3 is 0 Å². The maximum Gasteiger partial charge on any atom is 0.251 e. The number of carbonyl (C=O) groups excluding carboxylic acids is 1. The minimum atomic E-state index is -0.0927. The number of anilines is 1. The second-order valence-electron chi connectivity index (χ2n) is 5.93. The van der Waals surface area contributed by atoms with Crippen molar-refractivity contribution in [1.29, 1.82) is 0 Å². The monoisotopic (exact) mass is 314 g/mol. The summed E-state index contributed by atoms with van der Waals surface area (Å²) in [5.41, 5.74) is 4.86. The molecule has 0 saturated carbocycles. The molecule has 0 radical (unpaired) electrons. The van der Waals surface area contributed by atoms with Crippen molar-refractivity contribution < 1.29 is 9.53 Å². The molecule has 1 aliphatic rings. The number of ether oxygens (including phenoxy) is 1. The summed E-state index contributed by atoms with van der Waals surface area (Å²) in [6.07, 6.45) is 0.873. The zero-order valence-electron chi connectivity index (χ0n) is 13.8. The summed E-state index contributed by atoms with van der Waals surface area (Å²) in [7, 11) is 5.85. The van der Waals surface area contributed by atoms with E-state index in [1.165, 1.54) is 5.69 Å². The van der Waals surface area contributed by atoms with Gasteiger partial charge in [0, 0.05) is 50.1 Å². The normalized spacial score (nSPS) is 13.5. The van der Waals surface area contributed by atoms with Gasteiger partial charge in [-0.3, -0.25) is 9.48 Å². The van der Waals surface area contributed by atoms with Crippen LogP contribution in [-0.2, 0) is 31.4 Å². The number of nitrogens with zero attached hydrogens (tertiary/aromatic N) is 3. The van der Waals surface area contributed by atoms with Gasteiger partial charge in [0.25, 0.3) is 5.91 Å². The minimum absolute atomic E-state index is 0.0927. The van der Waals surface area contributed by atoms with E-state index in [0.29, 0.717) is 18.7 Å². The Hall–Kier alpha value is -2.34. The lowest BCUT2D eigenvalue weighted by atomic mass is 10.1. The maximum absolute atomic E-state index is 12.4. The molecule has 1 aliphatic heterocycles. The Bertz CT molecular complexity index is 721. The summed E-state index contributed by atoms with van der Waals surface area (Å²) in [6, 6.07) is 7.57. The molecule has 1 aromatic heterocycles. The van der Waals surface area contributed by atoms with Gasteiger partial charge in [0.05, 0.1) is 25.5 Å². The van der Waals surface area contributed by atoms with Crippen molar-refractivity contribution in [3.05, 3.63) is 46.8 Å². The molecular weight excluding hydrogens is 292 g/mol. The lowest BCUT2D eigenvalue weighted by Gasteiger charge is -2.14. The number of aryl methyl sites for hydroxylation is 1. The lowest BCUT2D eigenvalue weighted by Crippen LogP contribution is -2.24. The molecular formula is C17H22N4O2. The highest BCUT2D eigenvalue weighted by Crippen LogP contribution is 2.20. The van der Waals surface area contributed by atoms with Crippen molar-refractivity contribution >= 4 is 11.6 Å². The average Bonchev–Trinajstić information content (AvgIpc) is 2.89. The predicted molar refractivity (Wildman–Crippen MR) is 88.5 cm³/mol. The summed E-state index contributed by atoms with van der Waals surface area (Å²) in [5, 5.41) is 7.47. The molecule has 6 nitrogen and oxygen atoms in total. The number of carbonyl (C=O) groups is 1. The Balaban J connectivity index is 1.71. The highest BCUT2D eigenvalue weighted by molar-refractivity contribution is 5.95. The molecule has 0 saturated heterocycles. The second-order valence-corrected chi connectivity index (χ2v) is 5.93. The van der Waals surface area contributed by atoms with Crippen molar-refractivity contribution in [3.63, 3.8) is 0 Å². The summed E-state index contributed by atoms with van der Waals surface area (Å²) in [5.74, 6) is -0.0927. The van der Waals surface area contributed by atoms with Crippen LogP contribution in [0.2, 0.25) is 0 Å². The van der Waals surface area contributed by atoms with E-state index in [1.54, 1.807) is 0 Å². The number of nitrogens with one attached hydrogen (secondary N) is 1. The maximum atomic E-state index is 12.4. The Morgan fingerprint density at radius 3 is 3.04 bits per heavy atom. The molecule has 1 amide bonds. The van der Waals surface area contributed by atoms with Crippen LogP contribution in [0.25, 0.3) is 0 Å². The fourth-order valence-electron chi connectivity index (χ4n) is 2.82. The van der Waals surface area contributed by atoms with Crippen molar-refractivity contribution in [3.8, 4) is 0 Å². The van der Waals surface area contributed by atoms with Crippen LogP contribution in [0.15, 0.2) is 24.3 Å². The second kappa shape index (κ2) is 6.42. The van der Waals surface area contributed by atoms with Crippen molar-refractivity contribution in [2.24, 2.45) is 7.05 Å². The fourth-order valence-corrected chi connectivity index (χ4v) is 2.82. The molecule has 0 bridgehead atoms. The van der Waals surface area contributed by atoms with Crippen molar-refractivity contribution in [2.75, 3.05) is 25.6 Å². The third-order valence-corrected chi connectivity index (χ3v) is 4.13. The number of hydrogen-bond donors (Lipinski definition) is 1. The van der Waals surface area contributed by atoms with Gasteiger partial charge in [0.15, 0.2) is 0 Å². The topological polar surface area (TPSA) is 59.4 Å². The molecule has 6 heteroatoms. The Labute approximate surface area is 136 Å². The Morgan fingerprint density at radius 2 is 2.26 bits per heavy atom. The van der Waals surface area contributed by atoms with E-state index in [1.807, 2.05) is 55.0 Å². The summed E-state index contributed by atoms with van der Waals surface area (Å²) in [6.45, 7) is 1.72. The molecule has 0 aliphatic carbocycles. The van der Waals surface area contributed by atoms with E-state index in [-0.39, 0.29) is 5.91 Å². The van der Waals surface area contributed by atoms with Gasteiger partial charge < -0.3 is 15.0 Å². The van der Waals surface area contributed by atoms with E-state index in [0.717, 1.165) is 30.0 Å². The van der Waals surface area contributed by atoms with E-state index >= 15 is 0 Å². The van der Waals surface area contributed by atoms with Crippen LogP contribution >= 0.6 is 0 Å². The van der Waals surface area contributed by atoms with Crippen molar-refractivity contribution in [1.82, 2.24) is 15.1 Å². The van der Waals surface area contributed by atoms with Gasteiger partial charge in [-0.15, -0.1) is 0 Å². The molecule has 0 spiro atoms. The first-order valence-corrected chi connectivity index (χ1v) is 7.73. The SMILES string of the molecule is CN(C)c1cccc(C(=O)NCc2nn(C)c3c2COCC3)c1. The summed E-state index contributed by atoms with van der Waals surface area (Å²) >= 11 is 0. The number of fused-ring (bicyclic) bond motifs is 1. The van der Waals surface area contributed by atoms with Gasteiger partial charge in [-0.05, 0) is 18.2 Å². The van der Waals surface area contributed by atoms with Gasteiger partial charge in [0.2, 0.25) is 0 Å².